The maximum absolute atomic E-state index is 13.0. The number of carbonyl (C=O) groups excluding carboxylic acids is 1. The summed E-state index contributed by atoms with van der Waals surface area (Å²) in [5.74, 6) is 1.64. The second kappa shape index (κ2) is 10.4. The van der Waals surface area contributed by atoms with Crippen molar-refractivity contribution in [2.45, 2.75) is 31.4 Å². The first-order chi connectivity index (χ1) is 15.7. The number of para-hydroxylation sites is 1. The van der Waals surface area contributed by atoms with Crippen LogP contribution in [0.15, 0.2) is 59.1 Å². The molecule has 3 aromatic rings. The van der Waals surface area contributed by atoms with Crippen LogP contribution in [0.4, 0.5) is 0 Å². The van der Waals surface area contributed by atoms with Crippen LogP contribution in [0.25, 0.3) is 11.4 Å². The molecule has 1 aromatic heterocycles. The lowest BCUT2D eigenvalue weighted by molar-refractivity contribution is -0.150. The summed E-state index contributed by atoms with van der Waals surface area (Å²) in [4.78, 5) is 19.3. The molecule has 0 radical (unpaired) electrons. The Morgan fingerprint density at radius 1 is 1.19 bits per heavy atom. The van der Waals surface area contributed by atoms with Crippen molar-refractivity contribution >= 4 is 5.91 Å². The van der Waals surface area contributed by atoms with Gasteiger partial charge in [0.05, 0.1) is 31.9 Å². The van der Waals surface area contributed by atoms with Crippen molar-refractivity contribution in [3.8, 4) is 17.1 Å². The Hall–Kier alpha value is -3.23. The molecule has 0 spiro atoms. The quantitative estimate of drug-likeness (QED) is 0.578. The van der Waals surface area contributed by atoms with Crippen molar-refractivity contribution in [3.05, 3.63) is 66.1 Å². The van der Waals surface area contributed by atoms with Crippen molar-refractivity contribution in [1.82, 2.24) is 15.0 Å². The summed E-state index contributed by atoms with van der Waals surface area (Å²) in [6.45, 7) is 0.761. The Morgan fingerprint density at radius 2 is 1.97 bits per heavy atom. The molecule has 168 valence electrons. The van der Waals surface area contributed by atoms with E-state index in [0.29, 0.717) is 49.9 Å². The highest BCUT2D eigenvalue weighted by Gasteiger charge is 2.35. The number of rotatable bonds is 8. The smallest absolute Gasteiger partial charge is 0.226 e. The number of aryl methyl sites for hydroxylation is 1. The molecule has 4 rings (SSSR count). The average molecular weight is 437 g/mol. The summed E-state index contributed by atoms with van der Waals surface area (Å²) in [5.41, 5.74) is 1.72. The Morgan fingerprint density at radius 3 is 2.75 bits per heavy atom. The number of carbonyl (C=O) groups is 1. The van der Waals surface area contributed by atoms with E-state index >= 15 is 0 Å². The number of aliphatic hydroxyl groups is 1. The van der Waals surface area contributed by atoms with Crippen molar-refractivity contribution in [1.29, 1.82) is 0 Å². The largest absolute Gasteiger partial charge is 0.496 e. The van der Waals surface area contributed by atoms with Crippen molar-refractivity contribution < 1.29 is 23.9 Å². The van der Waals surface area contributed by atoms with Crippen LogP contribution in [-0.2, 0) is 16.0 Å². The van der Waals surface area contributed by atoms with E-state index in [1.807, 2.05) is 59.5 Å². The molecule has 2 heterocycles. The van der Waals surface area contributed by atoms with Crippen LogP contribution < -0.4 is 4.74 Å². The second-order valence-electron chi connectivity index (χ2n) is 7.60. The van der Waals surface area contributed by atoms with Gasteiger partial charge in [-0.05, 0) is 24.1 Å². The third-order valence-electron chi connectivity index (χ3n) is 5.59. The monoisotopic (exact) mass is 437 g/mol. The number of benzene rings is 2. The molecule has 1 N–H and O–H groups in total. The highest BCUT2D eigenvalue weighted by molar-refractivity contribution is 5.77. The predicted octanol–water partition coefficient (Wildman–Crippen LogP) is 3.03. The molecule has 0 bridgehead atoms. The van der Waals surface area contributed by atoms with Gasteiger partial charge < -0.3 is 24.0 Å². The minimum absolute atomic E-state index is 0.0186. The van der Waals surface area contributed by atoms with E-state index in [9.17, 15) is 9.90 Å². The summed E-state index contributed by atoms with van der Waals surface area (Å²) in [6.07, 6.45) is 0.982. The van der Waals surface area contributed by atoms with Crippen LogP contribution in [0.2, 0.25) is 0 Å². The average Bonchev–Trinajstić information content (AvgIpc) is 3.32. The molecule has 1 aliphatic rings. The number of aromatic nitrogens is 2. The maximum Gasteiger partial charge on any atom is 0.226 e. The Balaban J connectivity index is 1.39. The fourth-order valence-corrected chi connectivity index (χ4v) is 4.04. The zero-order chi connectivity index (χ0) is 22.3. The number of ether oxygens (including phenoxy) is 2. The van der Waals surface area contributed by atoms with Gasteiger partial charge in [-0.2, -0.15) is 4.98 Å². The Kier molecular flexibility index (Phi) is 7.14. The molecule has 8 nitrogen and oxygen atoms in total. The molecule has 0 aliphatic carbocycles. The molecule has 1 fully saturated rings. The van der Waals surface area contributed by atoms with E-state index in [-0.39, 0.29) is 18.6 Å². The molecule has 0 saturated carbocycles. The minimum Gasteiger partial charge on any atom is -0.496 e. The van der Waals surface area contributed by atoms with Gasteiger partial charge in [0, 0.05) is 19.4 Å². The molecule has 1 aliphatic heterocycles. The van der Waals surface area contributed by atoms with E-state index in [1.54, 1.807) is 7.11 Å². The number of nitrogens with zero attached hydrogens (tertiary/aromatic N) is 3. The number of hydrogen-bond acceptors (Lipinski definition) is 7. The molecule has 1 saturated heterocycles. The lowest BCUT2D eigenvalue weighted by atomic mass is 9.97. The van der Waals surface area contributed by atoms with Gasteiger partial charge in [0.15, 0.2) is 0 Å². The fraction of sp³-hybridized carbons (Fsp3) is 0.375. The molecule has 2 atom stereocenters. The van der Waals surface area contributed by atoms with Crippen LogP contribution in [-0.4, -0.2) is 59.0 Å². The van der Waals surface area contributed by atoms with Gasteiger partial charge in [-0.1, -0.05) is 47.6 Å². The SMILES string of the molecule is COc1ccccc1-c1noc(CCCC(=O)N2CCO[C@H](CO)[C@H]2c2ccccc2)n1. The predicted molar refractivity (Wildman–Crippen MR) is 117 cm³/mol. The van der Waals surface area contributed by atoms with Gasteiger partial charge in [-0.25, -0.2) is 0 Å². The number of aliphatic hydroxyl groups excluding tert-OH is 1. The van der Waals surface area contributed by atoms with Gasteiger partial charge in [0.2, 0.25) is 17.6 Å². The molecule has 1 amide bonds. The number of morpholine rings is 1. The van der Waals surface area contributed by atoms with Crippen molar-refractivity contribution in [3.63, 3.8) is 0 Å². The summed E-state index contributed by atoms with van der Waals surface area (Å²) in [6, 6.07) is 16.9. The number of methoxy groups -OCH3 is 1. The van der Waals surface area contributed by atoms with E-state index in [2.05, 4.69) is 10.1 Å². The van der Waals surface area contributed by atoms with Crippen LogP contribution in [0.5, 0.6) is 5.75 Å². The van der Waals surface area contributed by atoms with Gasteiger partial charge in [-0.15, -0.1) is 0 Å². The standard InChI is InChI=1S/C24H27N3O5/c1-30-19-11-6-5-10-18(19)24-25-21(32-26-24)12-7-13-22(29)27-14-15-31-20(16-28)23(27)17-8-3-2-4-9-17/h2-6,8-11,20,23,28H,7,12-16H2,1H3/t20-,23-/m1/s1. The van der Waals surface area contributed by atoms with E-state index in [1.165, 1.54) is 0 Å². The van der Waals surface area contributed by atoms with Crippen molar-refractivity contribution in [2.24, 2.45) is 0 Å². The Bertz CT molecular complexity index is 1020. The van der Waals surface area contributed by atoms with E-state index in [4.69, 9.17) is 14.0 Å². The molecule has 2 aromatic carbocycles. The molecule has 8 heteroatoms. The van der Waals surface area contributed by atoms with Gasteiger partial charge in [0.1, 0.15) is 11.9 Å². The molecule has 32 heavy (non-hydrogen) atoms. The summed E-state index contributed by atoms with van der Waals surface area (Å²) in [7, 11) is 1.60. The molecular formula is C24H27N3O5. The zero-order valence-electron chi connectivity index (χ0n) is 18.0. The lowest BCUT2D eigenvalue weighted by Gasteiger charge is -2.41. The maximum atomic E-state index is 13.0. The third kappa shape index (κ3) is 4.81. The zero-order valence-corrected chi connectivity index (χ0v) is 18.0. The first kappa shape index (κ1) is 22.0. The number of amides is 1. The minimum atomic E-state index is -0.436. The third-order valence-corrected chi connectivity index (χ3v) is 5.59. The van der Waals surface area contributed by atoms with Gasteiger partial charge >= 0.3 is 0 Å². The highest BCUT2D eigenvalue weighted by atomic mass is 16.5. The van der Waals surface area contributed by atoms with E-state index in [0.717, 1.165) is 11.1 Å². The number of hydrogen-bond donors (Lipinski definition) is 1. The van der Waals surface area contributed by atoms with Gasteiger partial charge in [0.25, 0.3) is 0 Å². The summed E-state index contributed by atoms with van der Waals surface area (Å²) >= 11 is 0. The van der Waals surface area contributed by atoms with Crippen LogP contribution in [0.3, 0.4) is 0 Å². The molecular weight excluding hydrogens is 410 g/mol. The Labute approximate surface area is 186 Å². The summed E-state index contributed by atoms with van der Waals surface area (Å²) in [5, 5.41) is 13.8. The highest BCUT2D eigenvalue weighted by Crippen LogP contribution is 2.30. The second-order valence-corrected chi connectivity index (χ2v) is 7.60. The topological polar surface area (TPSA) is 97.9 Å². The lowest BCUT2D eigenvalue weighted by Crippen LogP contribution is -2.49. The first-order valence-corrected chi connectivity index (χ1v) is 10.7. The first-order valence-electron chi connectivity index (χ1n) is 10.7. The van der Waals surface area contributed by atoms with E-state index < -0.39 is 6.10 Å². The van der Waals surface area contributed by atoms with Gasteiger partial charge in [-0.3, -0.25) is 4.79 Å². The fourth-order valence-electron chi connectivity index (χ4n) is 4.04. The van der Waals surface area contributed by atoms with Crippen LogP contribution in [0, 0.1) is 0 Å². The van der Waals surface area contributed by atoms with Crippen LogP contribution >= 0.6 is 0 Å². The normalized spacial score (nSPS) is 18.5. The molecule has 0 unspecified atom stereocenters. The van der Waals surface area contributed by atoms with Crippen LogP contribution in [0.1, 0.15) is 30.3 Å². The summed E-state index contributed by atoms with van der Waals surface area (Å²) < 4.78 is 16.5. The van der Waals surface area contributed by atoms with Crippen molar-refractivity contribution in [2.75, 3.05) is 26.9 Å².